The Kier molecular flexibility index (Phi) is 9.11. The van der Waals surface area contributed by atoms with E-state index in [9.17, 15) is 0 Å². The van der Waals surface area contributed by atoms with E-state index in [0.717, 1.165) is 31.7 Å². The van der Waals surface area contributed by atoms with E-state index in [1.807, 2.05) is 48.5 Å². The van der Waals surface area contributed by atoms with Gasteiger partial charge in [-0.25, -0.2) is 5.43 Å². The fourth-order valence-electron chi connectivity index (χ4n) is 3.07. The molecule has 12 heteroatoms. The average molecular weight is 629 g/mol. The van der Waals surface area contributed by atoms with E-state index in [1.165, 1.54) is 0 Å². The van der Waals surface area contributed by atoms with E-state index in [4.69, 9.17) is 13.9 Å². The van der Waals surface area contributed by atoms with Crippen LogP contribution >= 0.6 is 31.9 Å². The molecular weight excluding hydrogens is 606 g/mol. The van der Waals surface area contributed by atoms with Gasteiger partial charge >= 0.3 is 0 Å². The molecule has 3 N–H and O–H groups in total. The van der Waals surface area contributed by atoms with Gasteiger partial charge in [-0.15, -0.1) is 0 Å². The number of furan rings is 1. The highest BCUT2D eigenvalue weighted by Gasteiger charge is 2.10. The molecule has 0 aliphatic carbocycles. The van der Waals surface area contributed by atoms with Crippen LogP contribution in [0.1, 0.15) is 11.3 Å². The van der Waals surface area contributed by atoms with Crippen molar-refractivity contribution in [3.05, 3.63) is 87.7 Å². The van der Waals surface area contributed by atoms with Crippen molar-refractivity contribution < 1.29 is 13.9 Å². The van der Waals surface area contributed by atoms with Crippen molar-refractivity contribution in [3.63, 3.8) is 0 Å². The molecule has 37 heavy (non-hydrogen) atoms. The Morgan fingerprint density at radius 2 is 1.84 bits per heavy atom. The molecule has 2 aromatic carbocycles. The van der Waals surface area contributed by atoms with Crippen LogP contribution in [0.2, 0.25) is 0 Å². The molecule has 0 saturated heterocycles. The smallest absolute Gasteiger partial charge is 0.250 e. The summed E-state index contributed by atoms with van der Waals surface area (Å²) < 4.78 is 18.0. The van der Waals surface area contributed by atoms with Gasteiger partial charge in [0.2, 0.25) is 17.8 Å². The fourth-order valence-corrected chi connectivity index (χ4v) is 4.45. The van der Waals surface area contributed by atoms with Crippen LogP contribution in [0, 0.1) is 0 Å². The summed E-state index contributed by atoms with van der Waals surface area (Å²) in [6.07, 6.45) is 4.90. The van der Waals surface area contributed by atoms with E-state index >= 15 is 0 Å². The number of aromatic nitrogens is 3. The minimum Gasteiger partial charge on any atom is -0.497 e. The molecule has 0 aliphatic heterocycles. The lowest BCUT2D eigenvalue weighted by molar-refractivity contribution is 0.360. The largest absolute Gasteiger partial charge is 0.497 e. The molecule has 0 unspecified atom stereocenters. The first-order chi connectivity index (χ1) is 18.0. The number of nitrogens with zero attached hydrogens (tertiary/aromatic N) is 4. The number of methoxy groups -OCH3 is 1. The van der Waals surface area contributed by atoms with Gasteiger partial charge in [0.1, 0.15) is 23.9 Å². The Morgan fingerprint density at radius 3 is 2.57 bits per heavy atom. The van der Waals surface area contributed by atoms with Gasteiger partial charge < -0.3 is 24.5 Å². The number of ether oxygens (including phenoxy) is 2. The molecule has 10 nitrogen and oxygen atoms in total. The Labute approximate surface area is 230 Å². The summed E-state index contributed by atoms with van der Waals surface area (Å²) in [7, 11) is 1.62. The average Bonchev–Trinajstić information content (AvgIpc) is 3.41. The van der Waals surface area contributed by atoms with Gasteiger partial charge in [0.15, 0.2) is 0 Å². The van der Waals surface area contributed by atoms with Gasteiger partial charge in [-0.05, 0) is 64.5 Å². The molecule has 2 aromatic heterocycles. The summed E-state index contributed by atoms with van der Waals surface area (Å²) in [5.41, 5.74) is 4.38. The van der Waals surface area contributed by atoms with Gasteiger partial charge in [0, 0.05) is 15.7 Å². The van der Waals surface area contributed by atoms with Crippen LogP contribution < -0.4 is 25.5 Å². The van der Waals surface area contributed by atoms with Crippen LogP contribution in [0.25, 0.3) is 0 Å². The predicted molar refractivity (Wildman–Crippen MR) is 151 cm³/mol. The van der Waals surface area contributed by atoms with Crippen LogP contribution in [-0.2, 0) is 6.54 Å². The van der Waals surface area contributed by atoms with Crippen molar-refractivity contribution in [3.8, 4) is 11.5 Å². The van der Waals surface area contributed by atoms with E-state index in [1.54, 1.807) is 25.7 Å². The summed E-state index contributed by atoms with van der Waals surface area (Å²) >= 11 is 7.01. The summed E-state index contributed by atoms with van der Waals surface area (Å²) in [6, 6.07) is 14.8. The Hall–Kier alpha value is -3.90. The SMILES string of the molecule is C=CCOc1c(Br)cc(Br)cc1C=NNc1nc(NCc2ccco2)nc(Nc2ccc(OC)cc2)n1. The second-order valence-corrected chi connectivity index (χ2v) is 9.14. The fraction of sp³-hybridized carbons (Fsp3) is 0.120. The monoisotopic (exact) mass is 627 g/mol. The lowest BCUT2D eigenvalue weighted by atomic mass is 10.2. The molecule has 0 saturated carbocycles. The first-order valence-electron chi connectivity index (χ1n) is 11.0. The number of rotatable bonds is 12. The summed E-state index contributed by atoms with van der Waals surface area (Å²) in [4.78, 5) is 13.3. The Morgan fingerprint density at radius 1 is 1.05 bits per heavy atom. The third-order valence-electron chi connectivity index (χ3n) is 4.73. The second-order valence-electron chi connectivity index (χ2n) is 7.37. The maximum atomic E-state index is 5.78. The number of anilines is 4. The molecule has 0 amide bonds. The number of hydrogen-bond acceptors (Lipinski definition) is 10. The Bertz CT molecular complexity index is 1360. The standard InChI is InChI=1S/C25H23Br2N7O3/c1-3-10-37-22-16(12-17(26)13-21(22)27)14-29-34-25-32-23(28-15-20-5-4-11-36-20)31-24(33-25)30-18-6-8-19(35-2)9-7-18/h3-9,11-14H,1,10,15H2,2H3,(H3,28,30,31,32,33,34). The lowest BCUT2D eigenvalue weighted by Crippen LogP contribution is -2.09. The maximum absolute atomic E-state index is 5.78. The first kappa shape index (κ1) is 26.2. The van der Waals surface area contributed by atoms with E-state index in [-0.39, 0.29) is 5.95 Å². The van der Waals surface area contributed by atoms with Crippen molar-refractivity contribution in [1.82, 2.24) is 15.0 Å². The Balaban J connectivity index is 1.56. The highest BCUT2D eigenvalue weighted by molar-refractivity contribution is 9.11. The van der Waals surface area contributed by atoms with Crippen molar-refractivity contribution in [2.45, 2.75) is 6.54 Å². The van der Waals surface area contributed by atoms with Crippen molar-refractivity contribution in [1.29, 1.82) is 0 Å². The summed E-state index contributed by atoms with van der Waals surface area (Å²) in [6.45, 7) is 4.45. The number of nitrogens with one attached hydrogen (secondary N) is 3. The molecule has 190 valence electrons. The number of hydrogen-bond donors (Lipinski definition) is 3. The van der Waals surface area contributed by atoms with Crippen LogP contribution in [0.4, 0.5) is 23.5 Å². The van der Waals surface area contributed by atoms with Crippen LogP contribution in [0.3, 0.4) is 0 Å². The minimum atomic E-state index is 0.229. The molecule has 0 radical (unpaired) electrons. The maximum Gasteiger partial charge on any atom is 0.250 e. The first-order valence-corrected chi connectivity index (χ1v) is 12.6. The van der Waals surface area contributed by atoms with Gasteiger partial charge in [-0.3, -0.25) is 0 Å². The highest BCUT2D eigenvalue weighted by Crippen LogP contribution is 2.32. The van der Waals surface area contributed by atoms with Gasteiger partial charge in [-0.1, -0.05) is 28.6 Å². The normalized spacial score (nSPS) is 10.8. The van der Waals surface area contributed by atoms with E-state index in [2.05, 4.69) is 74.6 Å². The van der Waals surface area contributed by atoms with Gasteiger partial charge in [-0.2, -0.15) is 20.1 Å². The second kappa shape index (κ2) is 12.9. The lowest BCUT2D eigenvalue weighted by Gasteiger charge is -2.11. The van der Waals surface area contributed by atoms with E-state index in [0.29, 0.717) is 30.8 Å². The zero-order valence-electron chi connectivity index (χ0n) is 19.7. The molecule has 0 aliphatic rings. The molecule has 4 rings (SSSR count). The topological polar surface area (TPSA) is 119 Å². The zero-order chi connectivity index (χ0) is 26.0. The van der Waals surface area contributed by atoms with Crippen molar-refractivity contribution >= 4 is 61.6 Å². The quantitative estimate of drug-likeness (QED) is 0.0934. The molecule has 0 bridgehead atoms. The molecule has 2 heterocycles. The van der Waals surface area contributed by atoms with Crippen LogP contribution in [-0.4, -0.2) is 34.9 Å². The van der Waals surface area contributed by atoms with Crippen molar-refractivity contribution in [2.75, 3.05) is 29.8 Å². The molecule has 4 aromatic rings. The third kappa shape index (κ3) is 7.54. The van der Waals surface area contributed by atoms with Crippen LogP contribution in [0.15, 0.2) is 85.9 Å². The summed E-state index contributed by atoms with van der Waals surface area (Å²) in [5, 5.41) is 10.6. The number of hydrazone groups is 1. The van der Waals surface area contributed by atoms with Gasteiger partial charge in [0.05, 0.1) is 30.6 Å². The van der Waals surface area contributed by atoms with E-state index < -0.39 is 0 Å². The highest BCUT2D eigenvalue weighted by atomic mass is 79.9. The minimum absolute atomic E-state index is 0.229. The zero-order valence-corrected chi connectivity index (χ0v) is 22.9. The predicted octanol–water partition coefficient (Wildman–Crippen LogP) is 6.36. The third-order valence-corrected chi connectivity index (χ3v) is 5.78. The van der Waals surface area contributed by atoms with Gasteiger partial charge in [0.25, 0.3) is 0 Å². The molecular formula is C25H23Br2N7O3. The molecule has 0 spiro atoms. The number of benzene rings is 2. The molecule has 0 fully saturated rings. The van der Waals surface area contributed by atoms with Crippen molar-refractivity contribution in [2.24, 2.45) is 5.10 Å². The molecule has 0 atom stereocenters. The van der Waals surface area contributed by atoms with Crippen LogP contribution in [0.5, 0.6) is 11.5 Å². The summed E-state index contributed by atoms with van der Waals surface area (Å²) in [5.74, 6) is 3.00. The number of halogens is 2.